The van der Waals surface area contributed by atoms with Crippen LogP contribution in [0.2, 0.25) is 0 Å². The molecule has 1 heterocycles. The molecule has 0 saturated carbocycles. The van der Waals surface area contributed by atoms with E-state index >= 15 is 0 Å². The van der Waals surface area contributed by atoms with Crippen molar-refractivity contribution in [2.24, 2.45) is 5.73 Å². The Morgan fingerprint density at radius 3 is 2.94 bits per heavy atom. The van der Waals surface area contributed by atoms with E-state index in [2.05, 4.69) is 36.1 Å². The van der Waals surface area contributed by atoms with E-state index < -0.39 is 0 Å². The number of benzene rings is 1. The Morgan fingerprint density at radius 2 is 2.17 bits per heavy atom. The summed E-state index contributed by atoms with van der Waals surface area (Å²) in [6.07, 6.45) is 2.39. The number of nitrogens with two attached hydrogens (primary N) is 1. The maximum atomic E-state index is 6.25. The average Bonchev–Trinajstić information content (AvgIpc) is 2.54. The van der Waals surface area contributed by atoms with Gasteiger partial charge < -0.3 is 10.5 Å². The molecule has 0 spiro atoms. The van der Waals surface area contributed by atoms with Crippen LogP contribution in [-0.2, 0) is 11.2 Å². The minimum atomic E-state index is 0.206. The Bertz CT molecular complexity index is 342. The third-order valence-electron chi connectivity index (χ3n) is 3.37. The molecule has 1 aliphatic rings. The largest absolute Gasteiger partial charge is 0.377 e. The highest BCUT2D eigenvalue weighted by Gasteiger charge is 2.17. The summed E-state index contributed by atoms with van der Waals surface area (Å²) in [6, 6.07) is 10.7. The van der Waals surface area contributed by atoms with Crippen LogP contribution in [-0.4, -0.2) is 43.3 Å². The normalized spacial score (nSPS) is 23.6. The molecule has 2 unspecified atom stereocenters. The zero-order valence-corrected chi connectivity index (χ0v) is 11.2. The average molecular weight is 248 g/mol. The van der Waals surface area contributed by atoms with E-state index in [9.17, 15) is 0 Å². The SMILES string of the molecule is CC1CN(CC(N)Cc2ccccc2)CCCO1. The second kappa shape index (κ2) is 6.88. The van der Waals surface area contributed by atoms with Crippen molar-refractivity contribution in [3.8, 4) is 0 Å². The van der Waals surface area contributed by atoms with Crippen molar-refractivity contribution < 1.29 is 4.74 Å². The van der Waals surface area contributed by atoms with Crippen LogP contribution in [0.4, 0.5) is 0 Å². The Labute approximate surface area is 110 Å². The first-order valence-electron chi connectivity index (χ1n) is 6.87. The van der Waals surface area contributed by atoms with Crippen molar-refractivity contribution >= 4 is 0 Å². The smallest absolute Gasteiger partial charge is 0.0673 e. The highest BCUT2D eigenvalue weighted by Crippen LogP contribution is 2.08. The Morgan fingerprint density at radius 1 is 1.39 bits per heavy atom. The van der Waals surface area contributed by atoms with Crippen LogP contribution in [0, 0.1) is 0 Å². The number of ether oxygens (including phenoxy) is 1. The number of hydrogen-bond donors (Lipinski definition) is 1. The maximum absolute atomic E-state index is 6.25. The third-order valence-corrected chi connectivity index (χ3v) is 3.37. The zero-order valence-electron chi connectivity index (χ0n) is 11.2. The predicted molar refractivity (Wildman–Crippen MR) is 74.6 cm³/mol. The molecule has 0 aliphatic carbocycles. The second-order valence-electron chi connectivity index (χ2n) is 5.24. The van der Waals surface area contributed by atoms with E-state index in [4.69, 9.17) is 10.5 Å². The topological polar surface area (TPSA) is 38.5 Å². The number of nitrogens with zero attached hydrogens (tertiary/aromatic N) is 1. The lowest BCUT2D eigenvalue weighted by molar-refractivity contribution is 0.0670. The summed E-state index contributed by atoms with van der Waals surface area (Å²) in [5.74, 6) is 0. The molecule has 100 valence electrons. The van der Waals surface area contributed by atoms with Gasteiger partial charge in [-0.05, 0) is 25.3 Å². The molecule has 0 aromatic heterocycles. The van der Waals surface area contributed by atoms with Gasteiger partial charge in [0.15, 0.2) is 0 Å². The van der Waals surface area contributed by atoms with Gasteiger partial charge in [-0.2, -0.15) is 0 Å². The molecule has 2 rings (SSSR count). The van der Waals surface area contributed by atoms with Crippen LogP contribution in [0.25, 0.3) is 0 Å². The highest BCUT2D eigenvalue weighted by molar-refractivity contribution is 5.15. The lowest BCUT2D eigenvalue weighted by Crippen LogP contribution is -2.41. The number of rotatable bonds is 4. The van der Waals surface area contributed by atoms with Gasteiger partial charge in [0.25, 0.3) is 0 Å². The first kappa shape index (κ1) is 13.5. The summed E-state index contributed by atoms with van der Waals surface area (Å²) in [4.78, 5) is 2.44. The van der Waals surface area contributed by atoms with Crippen LogP contribution in [0.3, 0.4) is 0 Å². The minimum Gasteiger partial charge on any atom is -0.377 e. The van der Waals surface area contributed by atoms with E-state index in [1.807, 2.05) is 6.07 Å². The minimum absolute atomic E-state index is 0.206. The summed E-state index contributed by atoms with van der Waals surface area (Å²) in [5.41, 5.74) is 7.57. The molecule has 0 amide bonds. The molecular formula is C15H24N2O. The fraction of sp³-hybridized carbons (Fsp3) is 0.600. The molecule has 3 heteroatoms. The van der Waals surface area contributed by atoms with Crippen molar-refractivity contribution in [1.29, 1.82) is 0 Å². The van der Waals surface area contributed by atoms with Gasteiger partial charge in [-0.1, -0.05) is 30.3 Å². The molecule has 18 heavy (non-hydrogen) atoms. The van der Waals surface area contributed by atoms with Gasteiger partial charge in [0.1, 0.15) is 0 Å². The van der Waals surface area contributed by atoms with Crippen molar-refractivity contribution in [3.63, 3.8) is 0 Å². The second-order valence-corrected chi connectivity index (χ2v) is 5.24. The van der Waals surface area contributed by atoms with Gasteiger partial charge in [-0.15, -0.1) is 0 Å². The van der Waals surface area contributed by atoms with E-state index in [1.54, 1.807) is 0 Å². The Kier molecular flexibility index (Phi) is 5.17. The maximum Gasteiger partial charge on any atom is 0.0673 e. The quantitative estimate of drug-likeness (QED) is 0.881. The van der Waals surface area contributed by atoms with Gasteiger partial charge in [0.2, 0.25) is 0 Å². The summed E-state index contributed by atoms with van der Waals surface area (Å²) < 4.78 is 5.65. The van der Waals surface area contributed by atoms with Gasteiger partial charge in [-0.3, -0.25) is 4.90 Å². The van der Waals surface area contributed by atoms with Crippen molar-refractivity contribution in [3.05, 3.63) is 35.9 Å². The Hall–Kier alpha value is -0.900. The summed E-state index contributed by atoms with van der Waals surface area (Å²) in [6.45, 7) is 6.09. The van der Waals surface area contributed by atoms with Crippen LogP contribution >= 0.6 is 0 Å². The van der Waals surface area contributed by atoms with Crippen molar-refractivity contribution in [2.45, 2.75) is 31.9 Å². The van der Waals surface area contributed by atoms with Gasteiger partial charge in [-0.25, -0.2) is 0 Å². The fourth-order valence-electron chi connectivity index (χ4n) is 2.56. The summed E-state index contributed by atoms with van der Waals surface area (Å²) in [7, 11) is 0. The lowest BCUT2D eigenvalue weighted by Gasteiger charge is -2.25. The monoisotopic (exact) mass is 248 g/mol. The first-order valence-corrected chi connectivity index (χ1v) is 6.87. The van der Waals surface area contributed by atoms with Gasteiger partial charge in [0.05, 0.1) is 6.10 Å². The lowest BCUT2D eigenvalue weighted by atomic mass is 10.1. The highest BCUT2D eigenvalue weighted by atomic mass is 16.5. The van der Waals surface area contributed by atoms with Gasteiger partial charge in [0, 0.05) is 32.3 Å². The Balaban J connectivity index is 1.81. The molecule has 0 radical (unpaired) electrons. The standard InChI is InChI=1S/C15H24N2O/c1-13-11-17(8-5-9-18-13)12-15(16)10-14-6-3-2-4-7-14/h2-4,6-7,13,15H,5,8-12,16H2,1H3. The van der Waals surface area contributed by atoms with Crippen LogP contribution in [0.1, 0.15) is 18.9 Å². The van der Waals surface area contributed by atoms with E-state index in [1.165, 1.54) is 5.56 Å². The predicted octanol–water partition coefficient (Wildman–Crippen LogP) is 1.67. The molecule has 2 atom stereocenters. The van der Waals surface area contributed by atoms with Crippen LogP contribution in [0.15, 0.2) is 30.3 Å². The fourth-order valence-corrected chi connectivity index (χ4v) is 2.56. The third kappa shape index (κ3) is 4.41. The first-order chi connectivity index (χ1) is 8.74. The molecular weight excluding hydrogens is 224 g/mol. The molecule has 1 fully saturated rings. The van der Waals surface area contributed by atoms with Crippen molar-refractivity contribution in [2.75, 3.05) is 26.2 Å². The van der Waals surface area contributed by atoms with E-state index in [0.717, 1.165) is 39.1 Å². The zero-order chi connectivity index (χ0) is 12.8. The van der Waals surface area contributed by atoms with Crippen molar-refractivity contribution in [1.82, 2.24) is 4.90 Å². The van der Waals surface area contributed by atoms with E-state index in [0.29, 0.717) is 6.10 Å². The molecule has 0 bridgehead atoms. The molecule has 1 aliphatic heterocycles. The summed E-state index contributed by atoms with van der Waals surface area (Å²) >= 11 is 0. The molecule has 1 aromatic rings. The van der Waals surface area contributed by atoms with Crippen LogP contribution < -0.4 is 5.73 Å². The summed E-state index contributed by atoms with van der Waals surface area (Å²) in [5, 5.41) is 0. The molecule has 2 N–H and O–H groups in total. The van der Waals surface area contributed by atoms with E-state index in [-0.39, 0.29) is 6.04 Å². The molecule has 3 nitrogen and oxygen atoms in total. The number of hydrogen-bond acceptors (Lipinski definition) is 3. The molecule has 1 saturated heterocycles. The van der Waals surface area contributed by atoms with Gasteiger partial charge >= 0.3 is 0 Å². The molecule has 1 aromatic carbocycles. The van der Waals surface area contributed by atoms with Crippen LogP contribution in [0.5, 0.6) is 0 Å².